The Bertz CT molecular complexity index is 892. The number of anilines is 1. The van der Waals surface area contributed by atoms with E-state index in [2.05, 4.69) is 5.32 Å². The maximum Gasteiger partial charge on any atom is 0.335 e. The molecule has 3 rings (SSSR count). The Morgan fingerprint density at radius 2 is 1.86 bits per heavy atom. The lowest BCUT2D eigenvalue weighted by Gasteiger charge is -2.16. The Morgan fingerprint density at radius 1 is 1.14 bits per heavy atom. The highest BCUT2D eigenvalue weighted by Crippen LogP contribution is 2.22. The second kappa shape index (κ2) is 8.56. The van der Waals surface area contributed by atoms with Gasteiger partial charge in [-0.3, -0.25) is 9.59 Å². The standard InChI is InChI=1S/C21H22N2O5/c1-28-18-13-16(21(26)27)5-4-14(18)10-11-22-20(25)15-6-8-17(9-7-15)23-12-2-3-19(23)24/h4-9,13H,2-3,10-12H2,1H3,(H,22,25)(H,26,27). The number of carboxylic acid groups (broad SMARTS) is 1. The van der Waals surface area contributed by atoms with Gasteiger partial charge in [-0.2, -0.15) is 0 Å². The Balaban J connectivity index is 1.57. The quantitative estimate of drug-likeness (QED) is 0.767. The van der Waals surface area contributed by atoms with Crippen molar-refractivity contribution in [2.24, 2.45) is 0 Å². The van der Waals surface area contributed by atoms with Crippen molar-refractivity contribution in [1.82, 2.24) is 5.32 Å². The third-order valence-electron chi connectivity index (χ3n) is 4.73. The van der Waals surface area contributed by atoms with Gasteiger partial charge in [0, 0.05) is 30.8 Å². The highest BCUT2D eigenvalue weighted by atomic mass is 16.5. The number of carbonyl (C=O) groups is 3. The van der Waals surface area contributed by atoms with Crippen LogP contribution in [0, 0.1) is 0 Å². The molecule has 2 aromatic rings. The minimum atomic E-state index is -1.02. The van der Waals surface area contributed by atoms with E-state index in [1.165, 1.54) is 19.2 Å². The van der Waals surface area contributed by atoms with Crippen molar-refractivity contribution in [3.63, 3.8) is 0 Å². The molecule has 28 heavy (non-hydrogen) atoms. The average Bonchev–Trinajstić information content (AvgIpc) is 3.14. The van der Waals surface area contributed by atoms with Gasteiger partial charge >= 0.3 is 5.97 Å². The Morgan fingerprint density at radius 3 is 2.46 bits per heavy atom. The Kier molecular flexibility index (Phi) is 5.93. The number of nitrogens with zero attached hydrogens (tertiary/aromatic N) is 1. The largest absolute Gasteiger partial charge is 0.496 e. The molecule has 0 spiro atoms. The summed E-state index contributed by atoms with van der Waals surface area (Å²) in [5, 5.41) is 11.9. The number of carboxylic acids is 1. The summed E-state index contributed by atoms with van der Waals surface area (Å²) >= 11 is 0. The highest BCUT2D eigenvalue weighted by Gasteiger charge is 2.21. The van der Waals surface area contributed by atoms with Crippen molar-refractivity contribution < 1.29 is 24.2 Å². The fourth-order valence-corrected chi connectivity index (χ4v) is 3.21. The van der Waals surface area contributed by atoms with E-state index in [-0.39, 0.29) is 17.4 Å². The van der Waals surface area contributed by atoms with Gasteiger partial charge in [0.05, 0.1) is 12.7 Å². The van der Waals surface area contributed by atoms with Crippen molar-refractivity contribution in [2.75, 3.05) is 25.1 Å². The number of aromatic carboxylic acids is 1. The van der Waals surface area contributed by atoms with Crippen LogP contribution in [0.4, 0.5) is 5.69 Å². The highest BCUT2D eigenvalue weighted by molar-refractivity contribution is 5.97. The molecule has 2 N–H and O–H groups in total. The third kappa shape index (κ3) is 4.31. The molecule has 1 aliphatic heterocycles. The molecule has 2 aromatic carbocycles. The van der Waals surface area contributed by atoms with Crippen molar-refractivity contribution in [3.05, 3.63) is 59.2 Å². The lowest BCUT2D eigenvalue weighted by atomic mass is 10.1. The summed E-state index contributed by atoms with van der Waals surface area (Å²) in [5.41, 5.74) is 2.29. The molecule has 0 bridgehead atoms. The zero-order chi connectivity index (χ0) is 20.1. The maximum atomic E-state index is 12.3. The molecule has 0 saturated carbocycles. The number of rotatable bonds is 7. The molecule has 7 heteroatoms. The first-order valence-corrected chi connectivity index (χ1v) is 9.08. The summed E-state index contributed by atoms with van der Waals surface area (Å²) in [4.78, 5) is 36.9. The Labute approximate surface area is 162 Å². The van der Waals surface area contributed by atoms with Gasteiger partial charge < -0.3 is 20.1 Å². The maximum absolute atomic E-state index is 12.3. The zero-order valence-corrected chi connectivity index (χ0v) is 15.6. The molecular formula is C21H22N2O5. The molecule has 0 unspecified atom stereocenters. The van der Waals surface area contributed by atoms with E-state index in [0.29, 0.717) is 37.2 Å². The molecule has 2 amide bonds. The van der Waals surface area contributed by atoms with E-state index in [1.807, 2.05) is 0 Å². The molecule has 1 aliphatic rings. The second-order valence-electron chi connectivity index (χ2n) is 6.53. The lowest BCUT2D eigenvalue weighted by Crippen LogP contribution is -2.26. The monoisotopic (exact) mass is 382 g/mol. The number of nitrogens with one attached hydrogen (secondary N) is 1. The number of hydrogen-bond donors (Lipinski definition) is 2. The first-order valence-electron chi connectivity index (χ1n) is 9.08. The summed E-state index contributed by atoms with van der Waals surface area (Å²) in [6, 6.07) is 11.7. The van der Waals surface area contributed by atoms with Crippen molar-refractivity contribution in [2.45, 2.75) is 19.3 Å². The van der Waals surface area contributed by atoms with Crippen LogP contribution in [0.15, 0.2) is 42.5 Å². The molecule has 0 aromatic heterocycles. The number of carbonyl (C=O) groups excluding carboxylic acids is 2. The number of benzene rings is 2. The van der Waals surface area contributed by atoms with E-state index in [1.54, 1.807) is 35.2 Å². The number of ether oxygens (including phenoxy) is 1. The van der Waals surface area contributed by atoms with Crippen LogP contribution in [0.1, 0.15) is 39.1 Å². The topological polar surface area (TPSA) is 95.9 Å². The minimum Gasteiger partial charge on any atom is -0.496 e. The second-order valence-corrected chi connectivity index (χ2v) is 6.53. The molecule has 0 atom stereocenters. The van der Waals surface area contributed by atoms with Crippen LogP contribution < -0.4 is 15.0 Å². The predicted octanol–water partition coefficient (Wildman–Crippen LogP) is 2.49. The van der Waals surface area contributed by atoms with Crippen LogP contribution >= 0.6 is 0 Å². The van der Waals surface area contributed by atoms with Gasteiger partial charge in [0.1, 0.15) is 5.75 Å². The van der Waals surface area contributed by atoms with E-state index >= 15 is 0 Å². The minimum absolute atomic E-state index is 0.111. The van der Waals surface area contributed by atoms with E-state index in [0.717, 1.165) is 17.7 Å². The summed E-state index contributed by atoms with van der Waals surface area (Å²) in [7, 11) is 1.48. The molecule has 7 nitrogen and oxygen atoms in total. The van der Waals surface area contributed by atoms with Gasteiger partial charge in [0.2, 0.25) is 5.91 Å². The summed E-state index contributed by atoms with van der Waals surface area (Å²) in [5.74, 6) is -0.633. The van der Waals surface area contributed by atoms with Crippen molar-refractivity contribution in [1.29, 1.82) is 0 Å². The average molecular weight is 382 g/mol. The Hall–Kier alpha value is -3.35. The van der Waals surface area contributed by atoms with E-state index in [9.17, 15) is 14.4 Å². The lowest BCUT2D eigenvalue weighted by molar-refractivity contribution is -0.117. The number of methoxy groups -OCH3 is 1. The van der Waals surface area contributed by atoms with Gasteiger partial charge in [-0.1, -0.05) is 6.07 Å². The zero-order valence-electron chi connectivity index (χ0n) is 15.6. The van der Waals surface area contributed by atoms with Crippen LogP contribution in [0.3, 0.4) is 0 Å². The van der Waals surface area contributed by atoms with Gasteiger partial charge in [0.15, 0.2) is 0 Å². The molecule has 0 radical (unpaired) electrons. The fraction of sp³-hybridized carbons (Fsp3) is 0.286. The van der Waals surface area contributed by atoms with Crippen LogP contribution in [0.5, 0.6) is 5.75 Å². The van der Waals surface area contributed by atoms with Gasteiger partial charge in [-0.05, 0) is 54.8 Å². The van der Waals surface area contributed by atoms with Crippen molar-refractivity contribution in [3.8, 4) is 5.75 Å². The van der Waals surface area contributed by atoms with Crippen LogP contribution in [-0.2, 0) is 11.2 Å². The van der Waals surface area contributed by atoms with Crippen molar-refractivity contribution >= 4 is 23.5 Å². The summed E-state index contributed by atoms with van der Waals surface area (Å²) < 4.78 is 5.24. The van der Waals surface area contributed by atoms with E-state index in [4.69, 9.17) is 9.84 Å². The predicted molar refractivity (Wildman–Crippen MR) is 104 cm³/mol. The number of hydrogen-bond acceptors (Lipinski definition) is 4. The van der Waals surface area contributed by atoms with Gasteiger partial charge in [-0.25, -0.2) is 4.79 Å². The molecule has 1 heterocycles. The molecule has 1 fully saturated rings. The number of amides is 2. The first-order chi connectivity index (χ1) is 13.5. The summed E-state index contributed by atoms with van der Waals surface area (Å²) in [6.07, 6.45) is 1.94. The molecular weight excluding hydrogens is 360 g/mol. The van der Waals surface area contributed by atoms with Gasteiger partial charge in [-0.15, -0.1) is 0 Å². The fourth-order valence-electron chi connectivity index (χ4n) is 3.21. The van der Waals surface area contributed by atoms with E-state index < -0.39 is 5.97 Å². The van der Waals surface area contributed by atoms with Crippen LogP contribution in [0.25, 0.3) is 0 Å². The third-order valence-corrected chi connectivity index (χ3v) is 4.73. The van der Waals surface area contributed by atoms with Gasteiger partial charge in [0.25, 0.3) is 5.91 Å². The molecule has 1 saturated heterocycles. The first kappa shape index (κ1) is 19.4. The normalized spacial score (nSPS) is 13.5. The van der Waals surface area contributed by atoms with Crippen LogP contribution in [0.2, 0.25) is 0 Å². The smallest absolute Gasteiger partial charge is 0.335 e. The molecule has 146 valence electrons. The SMILES string of the molecule is COc1cc(C(=O)O)ccc1CCNC(=O)c1ccc(N2CCCC2=O)cc1. The molecule has 0 aliphatic carbocycles. The summed E-state index contributed by atoms with van der Waals surface area (Å²) in [6.45, 7) is 1.10. The van der Waals surface area contributed by atoms with Crippen LogP contribution in [-0.4, -0.2) is 43.1 Å².